The first kappa shape index (κ1) is 11.0. The van der Waals surface area contributed by atoms with E-state index in [0.717, 1.165) is 22.2 Å². The Morgan fingerprint density at radius 2 is 2.06 bits per heavy atom. The largest absolute Gasteiger partial charge is 0.436 e. The number of benzene rings is 1. The third-order valence-corrected chi connectivity index (χ3v) is 2.87. The summed E-state index contributed by atoms with van der Waals surface area (Å²) in [6.07, 6.45) is 3.24. The third kappa shape index (κ3) is 1.80. The van der Waals surface area contributed by atoms with Gasteiger partial charge in [-0.2, -0.15) is 0 Å². The van der Waals surface area contributed by atoms with Gasteiger partial charge in [-0.15, -0.1) is 0 Å². The van der Waals surface area contributed by atoms with Crippen molar-refractivity contribution in [2.24, 2.45) is 0 Å². The van der Waals surface area contributed by atoms with Crippen molar-refractivity contribution in [3.63, 3.8) is 0 Å². The fraction of sp³-hybridized carbons (Fsp3) is 0.0769. The van der Waals surface area contributed by atoms with Gasteiger partial charge in [0.1, 0.15) is 5.52 Å². The number of aryl methyl sites for hydroxylation is 1. The van der Waals surface area contributed by atoms with Crippen LogP contribution in [0.5, 0.6) is 0 Å². The number of nitrogens with two attached hydrogens (primary N) is 1. The zero-order valence-corrected chi connectivity index (χ0v) is 10.4. The molecular weight excluding hydrogens is 250 g/mol. The number of rotatable bonds is 1. The van der Waals surface area contributed by atoms with E-state index in [1.165, 1.54) is 0 Å². The highest BCUT2D eigenvalue weighted by Crippen LogP contribution is 2.29. The molecule has 0 unspecified atom stereocenters. The van der Waals surface area contributed by atoms with Crippen LogP contribution in [0.15, 0.2) is 35.0 Å². The molecule has 0 amide bonds. The van der Waals surface area contributed by atoms with Gasteiger partial charge in [0.25, 0.3) is 0 Å². The Morgan fingerprint density at radius 1 is 1.22 bits per heavy atom. The number of aromatic nitrogens is 2. The van der Waals surface area contributed by atoms with Crippen molar-refractivity contribution < 1.29 is 4.42 Å². The van der Waals surface area contributed by atoms with Crippen molar-refractivity contribution in [2.75, 3.05) is 5.73 Å². The van der Waals surface area contributed by atoms with Crippen LogP contribution in [0.3, 0.4) is 0 Å². The molecule has 0 aliphatic heterocycles. The Hall–Kier alpha value is -2.07. The molecular formula is C13H10ClN3O. The molecule has 0 atom stereocenters. The molecule has 18 heavy (non-hydrogen) atoms. The van der Waals surface area contributed by atoms with Crippen LogP contribution in [-0.4, -0.2) is 9.97 Å². The Labute approximate surface area is 108 Å². The molecule has 0 fully saturated rings. The summed E-state index contributed by atoms with van der Waals surface area (Å²) in [5.41, 5.74) is 9.44. The van der Waals surface area contributed by atoms with Gasteiger partial charge in [0.15, 0.2) is 5.58 Å². The number of anilines is 1. The monoisotopic (exact) mass is 259 g/mol. The van der Waals surface area contributed by atoms with Crippen molar-refractivity contribution in [1.29, 1.82) is 0 Å². The van der Waals surface area contributed by atoms with Gasteiger partial charge < -0.3 is 10.2 Å². The summed E-state index contributed by atoms with van der Waals surface area (Å²) in [7, 11) is 0. The number of nitrogen functional groups attached to an aromatic ring is 1. The predicted octanol–water partition coefficient (Wildman–Crippen LogP) is 3.43. The molecule has 5 heteroatoms. The summed E-state index contributed by atoms with van der Waals surface area (Å²) in [6.45, 7) is 1.93. The molecule has 1 aromatic carbocycles. The molecule has 0 saturated carbocycles. The highest BCUT2D eigenvalue weighted by molar-refractivity contribution is 6.31. The molecule has 0 bridgehead atoms. The number of halogens is 1. The van der Waals surface area contributed by atoms with Gasteiger partial charge in [0.2, 0.25) is 5.89 Å². The molecule has 0 aliphatic carbocycles. The lowest BCUT2D eigenvalue weighted by atomic mass is 10.2. The van der Waals surface area contributed by atoms with Gasteiger partial charge in [-0.3, -0.25) is 4.98 Å². The number of oxazole rings is 1. The van der Waals surface area contributed by atoms with Crippen LogP contribution < -0.4 is 5.73 Å². The molecule has 4 nitrogen and oxygen atoms in total. The first-order chi connectivity index (χ1) is 8.63. The second kappa shape index (κ2) is 3.99. The smallest absolute Gasteiger partial charge is 0.228 e. The molecule has 2 heterocycles. The highest BCUT2D eigenvalue weighted by atomic mass is 35.5. The zero-order chi connectivity index (χ0) is 12.7. The fourth-order valence-corrected chi connectivity index (χ4v) is 2.12. The minimum atomic E-state index is 0.496. The Bertz CT molecular complexity index is 736. The van der Waals surface area contributed by atoms with E-state index in [2.05, 4.69) is 9.97 Å². The lowest BCUT2D eigenvalue weighted by Gasteiger charge is -1.95. The molecule has 3 aromatic rings. The molecule has 0 radical (unpaired) electrons. The molecule has 0 spiro atoms. The van der Waals surface area contributed by atoms with Gasteiger partial charge >= 0.3 is 0 Å². The molecule has 2 aromatic heterocycles. The van der Waals surface area contributed by atoms with E-state index in [9.17, 15) is 0 Å². The summed E-state index contributed by atoms with van der Waals surface area (Å²) in [5, 5.41) is 0.644. The van der Waals surface area contributed by atoms with Gasteiger partial charge in [-0.05, 0) is 30.7 Å². The highest BCUT2D eigenvalue weighted by Gasteiger charge is 2.11. The number of hydrogen-bond acceptors (Lipinski definition) is 4. The quantitative estimate of drug-likeness (QED) is 0.727. The maximum absolute atomic E-state index is 5.99. The predicted molar refractivity (Wildman–Crippen MR) is 71.4 cm³/mol. The Kier molecular flexibility index (Phi) is 2.45. The van der Waals surface area contributed by atoms with E-state index in [4.69, 9.17) is 21.8 Å². The number of nitrogens with zero attached hydrogens (tertiary/aromatic N) is 2. The summed E-state index contributed by atoms with van der Waals surface area (Å²) in [5.74, 6) is 0.496. The van der Waals surface area contributed by atoms with Crippen molar-refractivity contribution in [3.8, 4) is 11.5 Å². The van der Waals surface area contributed by atoms with Gasteiger partial charge in [0, 0.05) is 17.4 Å². The summed E-state index contributed by atoms with van der Waals surface area (Å²) < 4.78 is 5.73. The topological polar surface area (TPSA) is 64.9 Å². The average Bonchev–Trinajstić information content (AvgIpc) is 2.73. The van der Waals surface area contributed by atoms with Crippen LogP contribution in [0.4, 0.5) is 5.69 Å². The minimum absolute atomic E-state index is 0.496. The van der Waals surface area contributed by atoms with Crippen molar-refractivity contribution >= 4 is 28.4 Å². The summed E-state index contributed by atoms with van der Waals surface area (Å²) >= 11 is 5.99. The van der Waals surface area contributed by atoms with E-state index in [1.807, 2.05) is 13.0 Å². The van der Waals surface area contributed by atoms with Gasteiger partial charge in [-0.1, -0.05) is 11.6 Å². The van der Waals surface area contributed by atoms with Crippen molar-refractivity contribution in [1.82, 2.24) is 9.97 Å². The van der Waals surface area contributed by atoms with Crippen molar-refractivity contribution in [3.05, 3.63) is 41.2 Å². The summed E-state index contributed by atoms with van der Waals surface area (Å²) in [4.78, 5) is 8.42. The second-order valence-corrected chi connectivity index (χ2v) is 4.53. The van der Waals surface area contributed by atoms with E-state index in [0.29, 0.717) is 16.6 Å². The van der Waals surface area contributed by atoms with Gasteiger partial charge in [-0.25, -0.2) is 4.98 Å². The molecule has 2 N–H and O–H groups in total. The van der Waals surface area contributed by atoms with Crippen LogP contribution in [0.25, 0.3) is 22.6 Å². The third-order valence-electron chi connectivity index (χ3n) is 2.65. The minimum Gasteiger partial charge on any atom is -0.436 e. The fourth-order valence-electron chi connectivity index (χ4n) is 1.86. The first-order valence-electron chi connectivity index (χ1n) is 5.41. The molecule has 0 aliphatic rings. The van der Waals surface area contributed by atoms with Gasteiger partial charge in [0.05, 0.1) is 11.3 Å². The van der Waals surface area contributed by atoms with E-state index in [-0.39, 0.29) is 0 Å². The second-order valence-electron chi connectivity index (χ2n) is 4.10. The Balaban J connectivity index is 2.22. The average molecular weight is 260 g/mol. The van der Waals surface area contributed by atoms with E-state index in [1.54, 1.807) is 24.5 Å². The lowest BCUT2D eigenvalue weighted by Crippen LogP contribution is -1.87. The summed E-state index contributed by atoms with van der Waals surface area (Å²) in [6, 6.07) is 5.39. The standard InChI is InChI=1S/C13H10ClN3O/c1-7-2-9(14)4-11-12(7)18-13(17-11)8-3-10(15)6-16-5-8/h2-6H,15H2,1H3. The molecule has 3 rings (SSSR count). The van der Waals surface area contributed by atoms with E-state index < -0.39 is 0 Å². The number of pyridine rings is 1. The van der Waals surface area contributed by atoms with Crippen LogP contribution in [0, 0.1) is 6.92 Å². The SMILES string of the molecule is Cc1cc(Cl)cc2nc(-c3cncc(N)c3)oc12. The van der Waals surface area contributed by atoms with Crippen LogP contribution in [0.2, 0.25) is 5.02 Å². The maximum atomic E-state index is 5.99. The van der Waals surface area contributed by atoms with Crippen molar-refractivity contribution in [2.45, 2.75) is 6.92 Å². The van der Waals surface area contributed by atoms with Crippen LogP contribution >= 0.6 is 11.6 Å². The number of hydrogen-bond donors (Lipinski definition) is 1. The molecule has 0 saturated heterocycles. The zero-order valence-electron chi connectivity index (χ0n) is 9.64. The maximum Gasteiger partial charge on any atom is 0.228 e. The molecule has 90 valence electrons. The first-order valence-corrected chi connectivity index (χ1v) is 5.79. The van der Waals surface area contributed by atoms with Crippen LogP contribution in [-0.2, 0) is 0 Å². The number of fused-ring (bicyclic) bond motifs is 1. The van der Waals surface area contributed by atoms with Crippen LogP contribution in [0.1, 0.15) is 5.56 Å². The normalized spacial score (nSPS) is 11.0. The Morgan fingerprint density at radius 3 is 2.83 bits per heavy atom. The van der Waals surface area contributed by atoms with E-state index >= 15 is 0 Å². The lowest BCUT2D eigenvalue weighted by molar-refractivity contribution is 0.617.